The van der Waals surface area contributed by atoms with E-state index < -0.39 is 0 Å². The Balaban J connectivity index is 1.87. The molecule has 0 aromatic carbocycles. The van der Waals surface area contributed by atoms with Crippen molar-refractivity contribution in [1.82, 2.24) is 10.6 Å². The summed E-state index contributed by atoms with van der Waals surface area (Å²) in [5, 5.41) is 7.10. The second-order valence-electron chi connectivity index (χ2n) is 4.87. The van der Waals surface area contributed by atoms with Crippen LogP contribution in [0.3, 0.4) is 0 Å². The standard InChI is InChI=1S/C12H26N2/c1-11(2)6-9-13-10-7-12-5-3-4-8-14-12/h11-14H,3-10H2,1-2H3. The van der Waals surface area contributed by atoms with E-state index in [1.807, 2.05) is 0 Å². The average Bonchev–Trinajstić information content (AvgIpc) is 2.18. The number of piperidine rings is 1. The van der Waals surface area contributed by atoms with Crippen molar-refractivity contribution < 1.29 is 0 Å². The summed E-state index contributed by atoms with van der Waals surface area (Å²) in [7, 11) is 0. The van der Waals surface area contributed by atoms with Gasteiger partial charge in [-0.15, -0.1) is 0 Å². The zero-order chi connectivity index (χ0) is 10.2. The van der Waals surface area contributed by atoms with Gasteiger partial charge in [0.15, 0.2) is 0 Å². The van der Waals surface area contributed by atoms with Crippen molar-refractivity contribution in [2.45, 2.75) is 52.0 Å². The number of nitrogens with one attached hydrogen (secondary N) is 2. The van der Waals surface area contributed by atoms with E-state index in [9.17, 15) is 0 Å². The zero-order valence-electron chi connectivity index (χ0n) is 9.81. The van der Waals surface area contributed by atoms with Gasteiger partial charge in [-0.1, -0.05) is 20.3 Å². The first-order valence-corrected chi connectivity index (χ1v) is 6.23. The molecule has 0 aromatic heterocycles. The van der Waals surface area contributed by atoms with Crippen LogP contribution < -0.4 is 10.6 Å². The molecule has 14 heavy (non-hydrogen) atoms. The van der Waals surface area contributed by atoms with Gasteiger partial charge < -0.3 is 10.6 Å². The molecule has 1 rings (SSSR count). The highest BCUT2D eigenvalue weighted by Crippen LogP contribution is 2.09. The second kappa shape index (κ2) is 7.24. The number of hydrogen-bond donors (Lipinski definition) is 2. The summed E-state index contributed by atoms with van der Waals surface area (Å²) in [4.78, 5) is 0. The maximum Gasteiger partial charge on any atom is 0.00791 e. The van der Waals surface area contributed by atoms with E-state index in [-0.39, 0.29) is 0 Å². The molecule has 1 aliphatic heterocycles. The first-order valence-electron chi connectivity index (χ1n) is 6.23. The Bertz CT molecular complexity index is 128. The summed E-state index contributed by atoms with van der Waals surface area (Å²) in [6.45, 7) is 8.17. The van der Waals surface area contributed by atoms with Gasteiger partial charge in [0.05, 0.1) is 0 Å². The van der Waals surface area contributed by atoms with Gasteiger partial charge in [0.2, 0.25) is 0 Å². The second-order valence-corrected chi connectivity index (χ2v) is 4.87. The predicted octanol–water partition coefficient (Wildman–Crippen LogP) is 2.15. The topological polar surface area (TPSA) is 24.1 Å². The zero-order valence-corrected chi connectivity index (χ0v) is 9.81. The maximum absolute atomic E-state index is 3.58. The SMILES string of the molecule is CC(C)CCNCCC1CCCCN1. The maximum atomic E-state index is 3.58. The van der Waals surface area contributed by atoms with Crippen LogP contribution in [-0.4, -0.2) is 25.7 Å². The third-order valence-corrected chi connectivity index (χ3v) is 2.98. The van der Waals surface area contributed by atoms with E-state index in [1.165, 1.54) is 51.7 Å². The molecular weight excluding hydrogens is 172 g/mol. The van der Waals surface area contributed by atoms with E-state index in [0.717, 1.165) is 12.0 Å². The summed E-state index contributed by atoms with van der Waals surface area (Å²) < 4.78 is 0. The molecule has 0 amide bonds. The fraction of sp³-hybridized carbons (Fsp3) is 1.00. The minimum atomic E-state index is 0.787. The van der Waals surface area contributed by atoms with Gasteiger partial charge in [0.25, 0.3) is 0 Å². The van der Waals surface area contributed by atoms with E-state index in [4.69, 9.17) is 0 Å². The molecule has 0 aliphatic carbocycles. The lowest BCUT2D eigenvalue weighted by Gasteiger charge is -2.23. The van der Waals surface area contributed by atoms with Gasteiger partial charge in [-0.2, -0.15) is 0 Å². The molecule has 0 saturated carbocycles. The normalized spacial score (nSPS) is 22.9. The monoisotopic (exact) mass is 198 g/mol. The van der Waals surface area contributed by atoms with Crippen molar-refractivity contribution in [2.24, 2.45) is 5.92 Å². The molecule has 2 heteroatoms. The molecule has 1 heterocycles. The van der Waals surface area contributed by atoms with Crippen LogP contribution in [0.5, 0.6) is 0 Å². The first kappa shape index (κ1) is 12.0. The third kappa shape index (κ3) is 5.61. The third-order valence-electron chi connectivity index (χ3n) is 2.98. The Kier molecular flexibility index (Phi) is 6.20. The van der Waals surface area contributed by atoms with Crippen LogP contribution in [0.15, 0.2) is 0 Å². The quantitative estimate of drug-likeness (QED) is 0.639. The molecule has 0 radical (unpaired) electrons. The molecule has 1 atom stereocenters. The fourth-order valence-corrected chi connectivity index (χ4v) is 1.96. The Hall–Kier alpha value is -0.0800. The lowest BCUT2D eigenvalue weighted by molar-refractivity contribution is 0.374. The van der Waals surface area contributed by atoms with E-state index in [0.29, 0.717) is 0 Å². The molecule has 1 unspecified atom stereocenters. The van der Waals surface area contributed by atoms with Crippen molar-refractivity contribution in [3.05, 3.63) is 0 Å². The van der Waals surface area contributed by atoms with Crippen LogP contribution in [-0.2, 0) is 0 Å². The Morgan fingerprint density at radius 1 is 1.29 bits per heavy atom. The lowest BCUT2D eigenvalue weighted by atomic mass is 10.0. The average molecular weight is 198 g/mol. The predicted molar refractivity (Wildman–Crippen MR) is 62.6 cm³/mol. The van der Waals surface area contributed by atoms with Crippen LogP contribution >= 0.6 is 0 Å². The lowest BCUT2D eigenvalue weighted by Crippen LogP contribution is -2.36. The van der Waals surface area contributed by atoms with Crippen LogP contribution in [0, 0.1) is 5.92 Å². The highest BCUT2D eigenvalue weighted by Gasteiger charge is 2.10. The summed E-state index contributed by atoms with van der Waals surface area (Å²) in [5.74, 6) is 0.829. The van der Waals surface area contributed by atoms with Crippen LogP contribution in [0.25, 0.3) is 0 Å². The molecule has 1 fully saturated rings. The summed E-state index contributed by atoms with van der Waals surface area (Å²) in [6, 6.07) is 0.787. The van der Waals surface area contributed by atoms with Crippen molar-refractivity contribution in [3.63, 3.8) is 0 Å². The van der Waals surface area contributed by atoms with Gasteiger partial charge in [0, 0.05) is 6.04 Å². The van der Waals surface area contributed by atoms with Gasteiger partial charge >= 0.3 is 0 Å². The molecule has 2 N–H and O–H groups in total. The van der Waals surface area contributed by atoms with Gasteiger partial charge in [-0.25, -0.2) is 0 Å². The molecule has 1 saturated heterocycles. The Morgan fingerprint density at radius 3 is 2.79 bits per heavy atom. The molecule has 0 bridgehead atoms. The van der Waals surface area contributed by atoms with Gasteiger partial charge in [-0.3, -0.25) is 0 Å². The number of rotatable bonds is 6. The smallest absolute Gasteiger partial charge is 0.00791 e. The van der Waals surface area contributed by atoms with Gasteiger partial charge in [0.1, 0.15) is 0 Å². The van der Waals surface area contributed by atoms with Gasteiger partial charge in [-0.05, 0) is 51.2 Å². The van der Waals surface area contributed by atoms with E-state index in [1.54, 1.807) is 0 Å². The van der Waals surface area contributed by atoms with E-state index >= 15 is 0 Å². The van der Waals surface area contributed by atoms with Crippen molar-refractivity contribution in [1.29, 1.82) is 0 Å². The highest BCUT2D eigenvalue weighted by molar-refractivity contribution is 4.72. The molecule has 0 spiro atoms. The minimum absolute atomic E-state index is 0.787. The molecule has 84 valence electrons. The Morgan fingerprint density at radius 2 is 2.14 bits per heavy atom. The summed E-state index contributed by atoms with van der Waals surface area (Å²) >= 11 is 0. The molecule has 2 nitrogen and oxygen atoms in total. The minimum Gasteiger partial charge on any atom is -0.317 e. The summed E-state index contributed by atoms with van der Waals surface area (Å²) in [6.07, 6.45) is 6.78. The summed E-state index contributed by atoms with van der Waals surface area (Å²) in [5.41, 5.74) is 0. The van der Waals surface area contributed by atoms with Crippen molar-refractivity contribution in [2.75, 3.05) is 19.6 Å². The van der Waals surface area contributed by atoms with Crippen LogP contribution in [0.1, 0.15) is 46.0 Å². The highest BCUT2D eigenvalue weighted by atomic mass is 14.9. The fourth-order valence-electron chi connectivity index (χ4n) is 1.96. The number of hydrogen-bond acceptors (Lipinski definition) is 2. The van der Waals surface area contributed by atoms with Crippen molar-refractivity contribution in [3.8, 4) is 0 Å². The van der Waals surface area contributed by atoms with E-state index in [2.05, 4.69) is 24.5 Å². The largest absolute Gasteiger partial charge is 0.317 e. The van der Waals surface area contributed by atoms with Crippen LogP contribution in [0.4, 0.5) is 0 Å². The first-order chi connectivity index (χ1) is 6.79. The Labute approximate surface area is 88.8 Å². The molecule has 0 aromatic rings. The van der Waals surface area contributed by atoms with Crippen LogP contribution in [0.2, 0.25) is 0 Å². The molecule has 1 aliphatic rings. The van der Waals surface area contributed by atoms with Crippen molar-refractivity contribution >= 4 is 0 Å². The molecular formula is C12H26N2.